The van der Waals surface area contributed by atoms with Crippen LogP contribution in [0.1, 0.15) is 25.7 Å². The van der Waals surface area contributed by atoms with Crippen molar-refractivity contribution in [1.82, 2.24) is 10.2 Å². The van der Waals surface area contributed by atoms with Gasteiger partial charge in [-0.2, -0.15) is 11.8 Å². The fourth-order valence-corrected chi connectivity index (χ4v) is 4.12. The van der Waals surface area contributed by atoms with E-state index in [9.17, 15) is 0 Å². The molecule has 0 radical (unpaired) electrons. The predicted molar refractivity (Wildman–Crippen MR) is 79.4 cm³/mol. The second-order valence-corrected chi connectivity index (χ2v) is 7.05. The van der Waals surface area contributed by atoms with Gasteiger partial charge in [-0.25, -0.2) is 0 Å². The lowest BCUT2D eigenvalue weighted by Gasteiger charge is -2.28. The summed E-state index contributed by atoms with van der Waals surface area (Å²) in [4.78, 5) is 2.52. The number of rotatable bonds is 6. The molecule has 2 fully saturated rings. The van der Waals surface area contributed by atoms with Crippen LogP contribution in [0, 0.1) is 5.92 Å². The molecule has 2 rings (SSSR count). The third-order valence-corrected chi connectivity index (χ3v) is 5.38. The second-order valence-electron chi connectivity index (χ2n) is 5.64. The van der Waals surface area contributed by atoms with Gasteiger partial charge in [-0.15, -0.1) is 0 Å². The van der Waals surface area contributed by atoms with Gasteiger partial charge in [-0.05, 0) is 51.7 Å². The maximum absolute atomic E-state index is 5.41. The van der Waals surface area contributed by atoms with Crippen LogP contribution in [0.25, 0.3) is 0 Å². The zero-order valence-corrected chi connectivity index (χ0v) is 12.5. The molecule has 0 saturated carbocycles. The normalized spacial score (nSPS) is 23.7. The van der Waals surface area contributed by atoms with E-state index < -0.39 is 0 Å². The number of nitrogens with one attached hydrogen (secondary N) is 1. The van der Waals surface area contributed by atoms with Crippen molar-refractivity contribution in [3.05, 3.63) is 0 Å². The summed E-state index contributed by atoms with van der Waals surface area (Å²) in [5.74, 6) is 2.16. The Morgan fingerprint density at radius 3 is 2.61 bits per heavy atom. The van der Waals surface area contributed by atoms with Gasteiger partial charge in [0.25, 0.3) is 0 Å². The lowest BCUT2D eigenvalue weighted by molar-refractivity contribution is 0.0564. The first-order valence-corrected chi connectivity index (χ1v) is 8.48. The fraction of sp³-hybridized carbons (Fsp3) is 1.00. The molecule has 3 nitrogen and oxygen atoms in total. The van der Waals surface area contributed by atoms with Crippen molar-refractivity contribution in [1.29, 1.82) is 0 Å². The van der Waals surface area contributed by atoms with Crippen LogP contribution in [0.15, 0.2) is 0 Å². The maximum Gasteiger partial charge on any atom is 0.0469 e. The average Bonchev–Trinajstić information content (AvgIpc) is 2.41. The van der Waals surface area contributed by atoms with Crippen LogP contribution in [0.2, 0.25) is 0 Å². The molecule has 106 valence electrons. The third-order valence-electron chi connectivity index (χ3n) is 4.02. The van der Waals surface area contributed by atoms with Gasteiger partial charge in [0.05, 0.1) is 0 Å². The molecule has 0 amide bonds. The Hall–Kier alpha value is 0.230. The van der Waals surface area contributed by atoms with Crippen molar-refractivity contribution < 1.29 is 4.74 Å². The Bertz CT molecular complexity index is 216. The van der Waals surface area contributed by atoms with E-state index in [1.165, 1.54) is 57.6 Å². The molecule has 2 aliphatic heterocycles. The van der Waals surface area contributed by atoms with Crippen molar-refractivity contribution in [3.8, 4) is 0 Å². The molecule has 0 aromatic carbocycles. The SMILES string of the molecule is CN(CCSC1CCNCC1)CC1CCOCC1. The summed E-state index contributed by atoms with van der Waals surface area (Å²) >= 11 is 2.18. The number of nitrogens with zero attached hydrogens (tertiary/aromatic N) is 1. The molecule has 0 aromatic rings. The monoisotopic (exact) mass is 272 g/mol. The van der Waals surface area contributed by atoms with E-state index in [1.807, 2.05) is 0 Å². The summed E-state index contributed by atoms with van der Waals surface area (Å²) in [5.41, 5.74) is 0. The molecule has 1 N–H and O–H groups in total. The number of hydrogen-bond donors (Lipinski definition) is 1. The molecule has 0 unspecified atom stereocenters. The van der Waals surface area contributed by atoms with Gasteiger partial charge < -0.3 is 15.0 Å². The van der Waals surface area contributed by atoms with E-state index in [0.717, 1.165) is 24.4 Å². The molecule has 4 heteroatoms. The molecule has 0 bridgehead atoms. The van der Waals surface area contributed by atoms with Gasteiger partial charge in [0.1, 0.15) is 0 Å². The van der Waals surface area contributed by atoms with E-state index in [4.69, 9.17) is 4.74 Å². The van der Waals surface area contributed by atoms with Crippen molar-refractivity contribution in [2.45, 2.75) is 30.9 Å². The van der Waals surface area contributed by atoms with Crippen LogP contribution in [-0.2, 0) is 4.74 Å². The number of piperidine rings is 1. The van der Waals surface area contributed by atoms with E-state index >= 15 is 0 Å². The molecule has 0 atom stereocenters. The number of thioether (sulfide) groups is 1. The first kappa shape index (κ1) is 14.6. The highest BCUT2D eigenvalue weighted by Gasteiger charge is 2.16. The Balaban J connectivity index is 1.52. The zero-order valence-electron chi connectivity index (χ0n) is 11.7. The van der Waals surface area contributed by atoms with Gasteiger partial charge in [0.15, 0.2) is 0 Å². The number of hydrogen-bond acceptors (Lipinski definition) is 4. The van der Waals surface area contributed by atoms with Crippen LogP contribution >= 0.6 is 11.8 Å². The second kappa shape index (κ2) is 8.41. The van der Waals surface area contributed by atoms with Crippen molar-refractivity contribution in [2.75, 3.05) is 52.2 Å². The van der Waals surface area contributed by atoms with Crippen LogP contribution in [-0.4, -0.2) is 62.3 Å². The highest BCUT2D eigenvalue weighted by Crippen LogP contribution is 2.20. The lowest BCUT2D eigenvalue weighted by atomic mass is 10.00. The molecule has 0 aromatic heterocycles. The van der Waals surface area contributed by atoms with Gasteiger partial charge in [-0.1, -0.05) is 0 Å². The van der Waals surface area contributed by atoms with Crippen molar-refractivity contribution in [3.63, 3.8) is 0 Å². The minimum atomic E-state index is 0.868. The predicted octanol–water partition coefficient (Wildman–Crippen LogP) is 1.83. The van der Waals surface area contributed by atoms with Crippen LogP contribution in [0.3, 0.4) is 0 Å². The smallest absolute Gasteiger partial charge is 0.0469 e. The molecule has 2 aliphatic rings. The van der Waals surface area contributed by atoms with Crippen molar-refractivity contribution >= 4 is 11.8 Å². The Morgan fingerprint density at radius 1 is 1.17 bits per heavy atom. The highest BCUT2D eigenvalue weighted by molar-refractivity contribution is 7.99. The van der Waals surface area contributed by atoms with E-state index in [0.29, 0.717) is 0 Å². The molecule has 18 heavy (non-hydrogen) atoms. The minimum Gasteiger partial charge on any atom is -0.381 e. The van der Waals surface area contributed by atoms with E-state index in [-0.39, 0.29) is 0 Å². The Labute approximate surface area is 116 Å². The lowest BCUT2D eigenvalue weighted by Crippen LogP contribution is -2.32. The topological polar surface area (TPSA) is 24.5 Å². The summed E-state index contributed by atoms with van der Waals surface area (Å²) in [6.45, 7) is 6.89. The van der Waals surface area contributed by atoms with Gasteiger partial charge in [0, 0.05) is 37.3 Å². The molecule has 2 saturated heterocycles. The molecule has 2 heterocycles. The minimum absolute atomic E-state index is 0.868. The van der Waals surface area contributed by atoms with E-state index in [2.05, 4.69) is 29.0 Å². The van der Waals surface area contributed by atoms with Crippen molar-refractivity contribution in [2.24, 2.45) is 5.92 Å². The standard InChI is InChI=1S/C14H28N2OS/c1-16(12-13-4-9-17-10-5-13)8-11-18-14-2-6-15-7-3-14/h13-15H,2-12H2,1H3. The van der Waals surface area contributed by atoms with Crippen LogP contribution < -0.4 is 5.32 Å². The van der Waals surface area contributed by atoms with Crippen LogP contribution in [0.4, 0.5) is 0 Å². The van der Waals surface area contributed by atoms with Crippen LogP contribution in [0.5, 0.6) is 0 Å². The zero-order chi connectivity index (χ0) is 12.6. The summed E-state index contributed by atoms with van der Waals surface area (Å²) in [6, 6.07) is 0. The third kappa shape index (κ3) is 5.47. The Morgan fingerprint density at radius 2 is 1.89 bits per heavy atom. The quantitative estimate of drug-likeness (QED) is 0.797. The summed E-state index contributed by atoms with van der Waals surface area (Å²) in [6.07, 6.45) is 5.22. The van der Waals surface area contributed by atoms with Gasteiger partial charge in [0.2, 0.25) is 0 Å². The molecular formula is C14H28N2OS. The summed E-state index contributed by atoms with van der Waals surface area (Å²) in [7, 11) is 2.28. The summed E-state index contributed by atoms with van der Waals surface area (Å²) < 4.78 is 5.41. The first-order chi connectivity index (χ1) is 8.84. The Kier molecular flexibility index (Phi) is 6.84. The molecule has 0 aliphatic carbocycles. The van der Waals surface area contributed by atoms with E-state index in [1.54, 1.807) is 0 Å². The highest BCUT2D eigenvalue weighted by atomic mass is 32.2. The van der Waals surface area contributed by atoms with Gasteiger partial charge in [-0.3, -0.25) is 0 Å². The summed E-state index contributed by atoms with van der Waals surface area (Å²) in [5, 5.41) is 4.34. The van der Waals surface area contributed by atoms with Gasteiger partial charge >= 0.3 is 0 Å². The maximum atomic E-state index is 5.41. The first-order valence-electron chi connectivity index (χ1n) is 7.43. The fourth-order valence-electron chi connectivity index (χ4n) is 2.80. The number of ether oxygens (including phenoxy) is 1. The molecule has 0 spiro atoms. The molecular weight excluding hydrogens is 244 g/mol. The average molecular weight is 272 g/mol. The largest absolute Gasteiger partial charge is 0.381 e.